The first kappa shape index (κ1) is 14.2. The van der Waals surface area contributed by atoms with Crippen LogP contribution in [0.2, 0.25) is 0 Å². The van der Waals surface area contributed by atoms with E-state index >= 15 is 0 Å². The van der Waals surface area contributed by atoms with Crippen LogP contribution in [0.1, 0.15) is 5.56 Å². The molecule has 3 nitrogen and oxygen atoms in total. The summed E-state index contributed by atoms with van der Waals surface area (Å²) < 4.78 is 17.8. The maximum absolute atomic E-state index is 11.3. The number of hydrogen-bond donors (Lipinski definition) is 1. The third-order valence-electron chi connectivity index (χ3n) is 2.58. The smallest absolute Gasteiger partial charge is 0.127 e. The maximum Gasteiger partial charge on any atom is 0.127 e. The fourth-order valence-electron chi connectivity index (χ4n) is 1.57. The first-order valence-electron chi connectivity index (χ1n) is 5.61. The van der Waals surface area contributed by atoms with Crippen molar-refractivity contribution >= 4 is 26.7 Å². The van der Waals surface area contributed by atoms with E-state index in [1.165, 1.54) is 0 Å². The van der Waals surface area contributed by atoms with Gasteiger partial charge in [-0.2, -0.15) is 0 Å². The van der Waals surface area contributed by atoms with Gasteiger partial charge in [0.2, 0.25) is 0 Å². The van der Waals surface area contributed by atoms with Gasteiger partial charge in [-0.1, -0.05) is 15.9 Å². The van der Waals surface area contributed by atoms with Crippen LogP contribution in [0.3, 0.4) is 0 Å². The Hall–Kier alpha value is -1.17. The number of benzene rings is 2. The van der Waals surface area contributed by atoms with Crippen LogP contribution in [0.15, 0.2) is 51.8 Å². The molecule has 19 heavy (non-hydrogen) atoms. The van der Waals surface area contributed by atoms with Crippen LogP contribution in [-0.2, 0) is 17.4 Å². The summed E-state index contributed by atoms with van der Waals surface area (Å²) in [4.78, 5) is 0.763. The molecule has 1 atom stereocenters. The highest BCUT2D eigenvalue weighted by Crippen LogP contribution is 2.27. The van der Waals surface area contributed by atoms with Crippen LogP contribution in [0.4, 0.5) is 0 Å². The van der Waals surface area contributed by atoms with E-state index in [-0.39, 0.29) is 6.61 Å². The van der Waals surface area contributed by atoms with Crippen LogP contribution in [0.5, 0.6) is 11.5 Å². The number of rotatable bonds is 4. The normalized spacial score (nSPS) is 12.2. The molecule has 0 aliphatic rings. The zero-order chi connectivity index (χ0) is 13.8. The predicted molar refractivity (Wildman–Crippen MR) is 78.9 cm³/mol. The van der Waals surface area contributed by atoms with Gasteiger partial charge >= 0.3 is 0 Å². The topological polar surface area (TPSA) is 46.5 Å². The number of aliphatic hydroxyl groups is 1. The minimum absolute atomic E-state index is 0.0501. The van der Waals surface area contributed by atoms with Crippen molar-refractivity contribution in [3.05, 3.63) is 52.5 Å². The number of aliphatic hydroxyl groups excluding tert-OH is 1. The van der Waals surface area contributed by atoms with Gasteiger partial charge < -0.3 is 9.84 Å². The van der Waals surface area contributed by atoms with Crippen LogP contribution in [0, 0.1) is 0 Å². The molecule has 1 N–H and O–H groups in total. The summed E-state index contributed by atoms with van der Waals surface area (Å²) in [5.74, 6) is 1.32. The van der Waals surface area contributed by atoms with Crippen molar-refractivity contribution in [1.29, 1.82) is 0 Å². The van der Waals surface area contributed by atoms with Gasteiger partial charge in [-0.15, -0.1) is 0 Å². The van der Waals surface area contributed by atoms with Crippen molar-refractivity contribution in [2.24, 2.45) is 0 Å². The standard InChI is InChI=1S/C14H13BrO3S/c1-19(17)13-5-2-11(3-6-13)18-12-4-7-14(15)10(8-12)9-16/h2-8,16H,9H2,1H3. The fourth-order valence-corrected chi connectivity index (χ4v) is 2.46. The summed E-state index contributed by atoms with van der Waals surface area (Å²) in [6.45, 7) is -0.0501. The molecule has 5 heteroatoms. The Labute approximate surface area is 122 Å². The van der Waals surface area contributed by atoms with Gasteiger partial charge in [0.1, 0.15) is 11.5 Å². The molecule has 0 spiro atoms. The van der Waals surface area contributed by atoms with E-state index in [9.17, 15) is 9.32 Å². The molecule has 2 rings (SSSR count). The summed E-state index contributed by atoms with van der Waals surface area (Å²) in [6.07, 6.45) is 1.64. The van der Waals surface area contributed by atoms with Crippen molar-refractivity contribution in [3.63, 3.8) is 0 Å². The van der Waals surface area contributed by atoms with E-state index in [0.29, 0.717) is 11.5 Å². The van der Waals surface area contributed by atoms with Crippen molar-refractivity contribution in [1.82, 2.24) is 0 Å². The number of halogens is 1. The van der Waals surface area contributed by atoms with E-state index in [1.807, 2.05) is 12.1 Å². The molecule has 0 radical (unpaired) electrons. The van der Waals surface area contributed by atoms with Crippen molar-refractivity contribution in [3.8, 4) is 11.5 Å². The van der Waals surface area contributed by atoms with Gasteiger partial charge in [-0.05, 0) is 48.0 Å². The molecular formula is C14H13BrO3S. The molecule has 0 fully saturated rings. The Bertz CT molecular complexity index is 596. The maximum atomic E-state index is 11.3. The molecule has 0 amide bonds. The lowest BCUT2D eigenvalue weighted by molar-refractivity contribution is 0.280. The van der Waals surface area contributed by atoms with Gasteiger partial charge in [0.25, 0.3) is 0 Å². The lowest BCUT2D eigenvalue weighted by atomic mass is 10.2. The van der Waals surface area contributed by atoms with Crippen LogP contribution in [-0.4, -0.2) is 15.6 Å². The van der Waals surface area contributed by atoms with Crippen molar-refractivity contribution in [2.75, 3.05) is 6.26 Å². The largest absolute Gasteiger partial charge is 0.457 e. The van der Waals surface area contributed by atoms with Gasteiger partial charge in [0.05, 0.1) is 6.61 Å². The van der Waals surface area contributed by atoms with Crippen LogP contribution < -0.4 is 4.74 Å². The van der Waals surface area contributed by atoms with E-state index < -0.39 is 10.8 Å². The molecule has 0 bridgehead atoms. The van der Waals surface area contributed by atoms with Gasteiger partial charge in [0, 0.05) is 26.4 Å². The van der Waals surface area contributed by atoms with Gasteiger partial charge in [-0.25, -0.2) is 0 Å². The SMILES string of the molecule is CS(=O)c1ccc(Oc2ccc(Br)c(CO)c2)cc1. The van der Waals surface area contributed by atoms with Crippen molar-refractivity contribution < 1.29 is 14.1 Å². The molecule has 1 unspecified atom stereocenters. The van der Waals surface area contributed by atoms with E-state index in [1.54, 1.807) is 36.6 Å². The molecule has 2 aromatic carbocycles. The minimum Gasteiger partial charge on any atom is -0.457 e. The molecule has 0 aliphatic carbocycles. The molecule has 0 saturated carbocycles. The molecule has 0 aliphatic heterocycles. The van der Waals surface area contributed by atoms with E-state index in [2.05, 4.69) is 15.9 Å². The molecule has 0 saturated heterocycles. The zero-order valence-electron chi connectivity index (χ0n) is 10.3. The quantitative estimate of drug-likeness (QED) is 0.926. The van der Waals surface area contributed by atoms with E-state index in [0.717, 1.165) is 14.9 Å². The Morgan fingerprint density at radius 2 is 1.79 bits per heavy atom. The summed E-state index contributed by atoms with van der Waals surface area (Å²) >= 11 is 3.35. The van der Waals surface area contributed by atoms with Crippen LogP contribution >= 0.6 is 15.9 Å². The molecular weight excluding hydrogens is 328 g/mol. The molecule has 100 valence electrons. The number of hydrogen-bond acceptors (Lipinski definition) is 3. The van der Waals surface area contributed by atoms with E-state index in [4.69, 9.17) is 4.74 Å². The molecule has 0 heterocycles. The average molecular weight is 341 g/mol. The average Bonchev–Trinajstić information content (AvgIpc) is 2.41. The highest BCUT2D eigenvalue weighted by Gasteiger charge is 2.03. The summed E-state index contributed by atoms with van der Waals surface area (Å²) in [5, 5.41) is 9.19. The highest BCUT2D eigenvalue weighted by molar-refractivity contribution is 9.10. The second-order valence-electron chi connectivity index (χ2n) is 3.94. The Morgan fingerprint density at radius 1 is 1.16 bits per heavy atom. The second-order valence-corrected chi connectivity index (χ2v) is 6.17. The fraction of sp³-hybridized carbons (Fsp3) is 0.143. The highest BCUT2D eigenvalue weighted by atomic mass is 79.9. The summed E-state index contributed by atoms with van der Waals surface area (Å²) in [6, 6.07) is 12.5. The third-order valence-corrected chi connectivity index (χ3v) is 4.29. The third kappa shape index (κ3) is 3.65. The van der Waals surface area contributed by atoms with Crippen LogP contribution in [0.25, 0.3) is 0 Å². The van der Waals surface area contributed by atoms with Crippen molar-refractivity contribution in [2.45, 2.75) is 11.5 Å². The Balaban J connectivity index is 2.19. The predicted octanol–water partition coefficient (Wildman–Crippen LogP) is 3.47. The minimum atomic E-state index is -0.987. The van der Waals surface area contributed by atoms with Gasteiger partial charge in [-0.3, -0.25) is 4.21 Å². The lowest BCUT2D eigenvalue weighted by Gasteiger charge is -2.08. The monoisotopic (exact) mass is 340 g/mol. The second kappa shape index (κ2) is 6.32. The Kier molecular flexibility index (Phi) is 4.74. The summed E-state index contributed by atoms with van der Waals surface area (Å²) in [5.41, 5.74) is 0.767. The molecule has 2 aromatic rings. The first-order valence-corrected chi connectivity index (χ1v) is 7.96. The first-order chi connectivity index (χ1) is 9.10. The lowest BCUT2D eigenvalue weighted by Crippen LogP contribution is -1.90. The molecule has 0 aromatic heterocycles. The van der Waals surface area contributed by atoms with Gasteiger partial charge in [0.15, 0.2) is 0 Å². The number of ether oxygens (including phenoxy) is 1. The Morgan fingerprint density at radius 3 is 2.37 bits per heavy atom. The zero-order valence-corrected chi connectivity index (χ0v) is 12.7. The summed E-state index contributed by atoms with van der Waals surface area (Å²) in [7, 11) is -0.987.